The average molecular weight is 228 g/mol. The van der Waals surface area contributed by atoms with Gasteiger partial charge in [-0.05, 0) is 31.6 Å². The lowest BCUT2D eigenvalue weighted by Gasteiger charge is -2.36. The van der Waals surface area contributed by atoms with Gasteiger partial charge in [0.15, 0.2) is 0 Å². The summed E-state index contributed by atoms with van der Waals surface area (Å²) in [6, 6.07) is 0.441. The molecule has 1 aliphatic rings. The van der Waals surface area contributed by atoms with Crippen molar-refractivity contribution in [3.05, 3.63) is 0 Å². The van der Waals surface area contributed by atoms with E-state index in [0.717, 1.165) is 31.5 Å². The van der Waals surface area contributed by atoms with Crippen molar-refractivity contribution >= 4 is 0 Å². The Morgan fingerprint density at radius 2 is 2.06 bits per heavy atom. The minimum Gasteiger partial charge on any atom is -0.382 e. The van der Waals surface area contributed by atoms with Gasteiger partial charge in [0.05, 0.1) is 0 Å². The summed E-state index contributed by atoms with van der Waals surface area (Å²) in [5.41, 5.74) is 3.01. The summed E-state index contributed by atoms with van der Waals surface area (Å²) >= 11 is 0. The Balaban J connectivity index is 2.41. The second-order valence-electron chi connectivity index (χ2n) is 4.88. The van der Waals surface area contributed by atoms with Crippen LogP contribution >= 0.6 is 0 Å². The Morgan fingerprint density at radius 1 is 1.31 bits per heavy atom. The molecule has 0 aromatic rings. The molecule has 0 heterocycles. The molecule has 3 atom stereocenters. The van der Waals surface area contributed by atoms with Crippen molar-refractivity contribution < 1.29 is 4.74 Å². The van der Waals surface area contributed by atoms with E-state index in [1.165, 1.54) is 32.1 Å². The fraction of sp³-hybridized carbons (Fsp3) is 1.00. The molecule has 1 rings (SSSR count). The van der Waals surface area contributed by atoms with Crippen molar-refractivity contribution in [1.29, 1.82) is 0 Å². The number of ether oxygens (including phenoxy) is 1. The molecule has 0 amide bonds. The summed E-state index contributed by atoms with van der Waals surface area (Å²) in [5, 5.41) is 0. The fourth-order valence-electron chi connectivity index (χ4n) is 3.05. The number of nitrogens with two attached hydrogens (primary N) is 1. The van der Waals surface area contributed by atoms with Gasteiger partial charge in [0.2, 0.25) is 0 Å². The second kappa shape index (κ2) is 8.04. The van der Waals surface area contributed by atoms with Crippen molar-refractivity contribution in [2.24, 2.45) is 17.7 Å². The number of rotatable bonds is 7. The third-order valence-electron chi connectivity index (χ3n) is 4.00. The van der Waals surface area contributed by atoms with Crippen LogP contribution in [-0.2, 0) is 4.74 Å². The molecule has 1 saturated carbocycles. The molecule has 3 N–H and O–H groups in total. The Hall–Kier alpha value is -0.120. The summed E-state index contributed by atoms with van der Waals surface area (Å²) < 4.78 is 5.43. The summed E-state index contributed by atoms with van der Waals surface area (Å²) in [5.74, 6) is 7.31. The smallest absolute Gasteiger partial charge is 0.0481 e. The van der Waals surface area contributed by atoms with Crippen LogP contribution in [0.15, 0.2) is 0 Å². The molecule has 0 aromatic heterocycles. The van der Waals surface area contributed by atoms with Gasteiger partial charge in [0.1, 0.15) is 0 Å². The van der Waals surface area contributed by atoms with Crippen LogP contribution in [0.4, 0.5) is 0 Å². The molecule has 16 heavy (non-hydrogen) atoms. The van der Waals surface area contributed by atoms with Crippen LogP contribution in [0.3, 0.4) is 0 Å². The topological polar surface area (TPSA) is 47.3 Å². The van der Waals surface area contributed by atoms with E-state index in [-0.39, 0.29) is 0 Å². The minimum absolute atomic E-state index is 0.441. The van der Waals surface area contributed by atoms with Crippen molar-refractivity contribution in [2.75, 3.05) is 13.2 Å². The van der Waals surface area contributed by atoms with Crippen LogP contribution in [0.2, 0.25) is 0 Å². The molecule has 3 unspecified atom stereocenters. The molecule has 1 fully saturated rings. The fourth-order valence-corrected chi connectivity index (χ4v) is 3.05. The maximum absolute atomic E-state index is 5.70. The van der Waals surface area contributed by atoms with Crippen LogP contribution in [-0.4, -0.2) is 19.3 Å². The molecule has 0 aromatic carbocycles. The third-order valence-corrected chi connectivity index (χ3v) is 4.00. The highest BCUT2D eigenvalue weighted by Gasteiger charge is 2.29. The number of nitrogens with one attached hydrogen (secondary N) is 1. The van der Waals surface area contributed by atoms with E-state index in [2.05, 4.69) is 12.3 Å². The van der Waals surface area contributed by atoms with E-state index < -0.39 is 0 Å². The zero-order chi connectivity index (χ0) is 11.8. The van der Waals surface area contributed by atoms with Gasteiger partial charge in [-0.2, -0.15) is 0 Å². The molecule has 0 bridgehead atoms. The average Bonchev–Trinajstić information content (AvgIpc) is 2.35. The predicted molar refractivity (Wildman–Crippen MR) is 68.0 cm³/mol. The van der Waals surface area contributed by atoms with E-state index in [0.29, 0.717) is 6.04 Å². The van der Waals surface area contributed by atoms with Gasteiger partial charge in [-0.3, -0.25) is 11.3 Å². The predicted octanol–water partition coefficient (Wildman–Crippen LogP) is 2.46. The highest BCUT2D eigenvalue weighted by Crippen LogP contribution is 2.35. The molecular formula is C13H28N2O. The minimum atomic E-state index is 0.441. The maximum Gasteiger partial charge on any atom is 0.0481 e. The van der Waals surface area contributed by atoms with Crippen molar-refractivity contribution in [3.63, 3.8) is 0 Å². The first kappa shape index (κ1) is 13.9. The molecule has 3 heteroatoms. The maximum atomic E-state index is 5.70. The van der Waals surface area contributed by atoms with Crippen molar-refractivity contribution in [3.8, 4) is 0 Å². The summed E-state index contributed by atoms with van der Waals surface area (Å²) in [4.78, 5) is 0. The van der Waals surface area contributed by atoms with Gasteiger partial charge in [-0.15, -0.1) is 0 Å². The van der Waals surface area contributed by atoms with Gasteiger partial charge in [-0.1, -0.05) is 32.6 Å². The van der Waals surface area contributed by atoms with Crippen LogP contribution in [0.5, 0.6) is 0 Å². The first-order valence-electron chi connectivity index (χ1n) is 6.87. The zero-order valence-corrected chi connectivity index (χ0v) is 10.9. The third kappa shape index (κ3) is 4.04. The molecule has 0 saturated heterocycles. The first-order chi connectivity index (χ1) is 7.83. The number of hydrogen-bond donors (Lipinski definition) is 2. The Morgan fingerprint density at radius 3 is 2.69 bits per heavy atom. The normalized spacial score (nSPS) is 27.9. The van der Waals surface area contributed by atoms with Gasteiger partial charge < -0.3 is 4.74 Å². The van der Waals surface area contributed by atoms with E-state index >= 15 is 0 Å². The van der Waals surface area contributed by atoms with Crippen molar-refractivity contribution in [2.45, 2.75) is 58.4 Å². The summed E-state index contributed by atoms with van der Waals surface area (Å²) in [6.45, 7) is 5.98. The Bertz CT molecular complexity index is 175. The quantitative estimate of drug-likeness (QED) is 0.400. The standard InChI is InChI=1S/C13H28N2O/c1-3-11-7-5-6-8-12(11)13(15-14)9-10-16-4-2/h11-13,15H,3-10,14H2,1-2H3. The van der Waals surface area contributed by atoms with E-state index in [1.54, 1.807) is 0 Å². The van der Waals surface area contributed by atoms with Crippen LogP contribution < -0.4 is 11.3 Å². The van der Waals surface area contributed by atoms with Gasteiger partial charge in [-0.25, -0.2) is 0 Å². The Kier molecular flexibility index (Phi) is 7.01. The molecule has 96 valence electrons. The molecule has 0 aliphatic heterocycles. The Labute approximate surface area is 100 Å². The second-order valence-corrected chi connectivity index (χ2v) is 4.88. The highest BCUT2D eigenvalue weighted by molar-refractivity contribution is 4.83. The number of hydrogen-bond acceptors (Lipinski definition) is 3. The molecular weight excluding hydrogens is 200 g/mol. The molecule has 3 nitrogen and oxygen atoms in total. The van der Waals surface area contributed by atoms with Crippen LogP contribution in [0, 0.1) is 11.8 Å². The van der Waals surface area contributed by atoms with Gasteiger partial charge in [0, 0.05) is 19.3 Å². The van der Waals surface area contributed by atoms with Crippen molar-refractivity contribution in [1.82, 2.24) is 5.43 Å². The largest absolute Gasteiger partial charge is 0.382 e. The van der Waals surface area contributed by atoms with Gasteiger partial charge >= 0.3 is 0 Å². The molecule has 0 spiro atoms. The summed E-state index contributed by atoms with van der Waals surface area (Å²) in [6.07, 6.45) is 7.82. The lowest BCUT2D eigenvalue weighted by atomic mass is 9.73. The summed E-state index contributed by atoms with van der Waals surface area (Å²) in [7, 11) is 0. The highest BCUT2D eigenvalue weighted by atomic mass is 16.5. The van der Waals surface area contributed by atoms with Crippen LogP contribution in [0.25, 0.3) is 0 Å². The lowest BCUT2D eigenvalue weighted by molar-refractivity contribution is 0.106. The zero-order valence-electron chi connectivity index (χ0n) is 10.9. The van der Waals surface area contributed by atoms with Gasteiger partial charge in [0.25, 0.3) is 0 Å². The first-order valence-corrected chi connectivity index (χ1v) is 6.87. The SMILES string of the molecule is CCOCCC(NN)C1CCCCC1CC. The lowest BCUT2D eigenvalue weighted by Crippen LogP contribution is -2.45. The van der Waals surface area contributed by atoms with E-state index in [9.17, 15) is 0 Å². The van der Waals surface area contributed by atoms with Crippen LogP contribution in [0.1, 0.15) is 52.4 Å². The van der Waals surface area contributed by atoms with E-state index in [4.69, 9.17) is 10.6 Å². The van der Waals surface area contributed by atoms with E-state index in [1.807, 2.05) is 6.92 Å². The molecule has 1 aliphatic carbocycles. The molecule has 0 radical (unpaired) electrons. The number of hydrazine groups is 1. The monoisotopic (exact) mass is 228 g/mol.